The van der Waals surface area contributed by atoms with Crippen LogP contribution in [0.1, 0.15) is 30.5 Å². The lowest BCUT2D eigenvalue weighted by Crippen LogP contribution is -2.28. The predicted octanol–water partition coefficient (Wildman–Crippen LogP) is 6.28. The second kappa shape index (κ2) is 6.18. The van der Waals surface area contributed by atoms with Crippen molar-refractivity contribution in [1.29, 1.82) is 0 Å². The molecule has 0 radical (unpaired) electrons. The summed E-state index contributed by atoms with van der Waals surface area (Å²) in [6.07, 6.45) is 2.35. The molecule has 0 amide bonds. The number of fused-ring (bicyclic) bond motifs is 1. The maximum absolute atomic E-state index is 5.01. The smallest absolute Gasteiger partial charge is 0.0633 e. The Bertz CT molecular complexity index is 948. The van der Waals surface area contributed by atoms with E-state index in [0.29, 0.717) is 0 Å². The van der Waals surface area contributed by atoms with Crippen LogP contribution in [0.3, 0.4) is 0 Å². The highest BCUT2D eigenvalue weighted by molar-refractivity contribution is 6.14. The molecule has 122 valence electrons. The highest BCUT2D eigenvalue weighted by atomic mass is 14.8. The number of aliphatic imine (C=N–C) groups is 1. The third-order valence-corrected chi connectivity index (χ3v) is 4.67. The molecule has 0 heterocycles. The van der Waals surface area contributed by atoms with Crippen LogP contribution in [0.5, 0.6) is 0 Å². The van der Waals surface area contributed by atoms with Gasteiger partial charge in [-0.05, 0) is 28.8 Å². The zero-order valence-corrected chi connectivity index (χ0v) is 14.6. The van der Waals surface area contributed by atoms with Gasteiger partial charge < -0.3 is 0 Å². The maximum atomic E-state index is 5.01. The summed E-state index contributed by atoms with van der Waals surface area (Å²) in [6.45, 7) is 4.49. The molecule has 0 aliphatic heterocycles. The first-order valence-electron chi connectivity index (χ1n) is 8.67. The third kappa shape index (κ3) is 2.94. The molecule has 0 saturated heterocycles. The largest absolute Gasteiger partial charge is 0.252 e. The van der Waals surface area contributed by atoms with Gasteiger partial charge in [-0.15, -0.1) is 0 Å². The molecule has 0 saturated carbocycles. The molecule has 1 aliphatic rings. The molecule has 4 rings (SSSR count). The van der Waals surface area contributed by atoms with Crippen LogP contribution >= 0.6 is 0 Å². The Morgan fingerprint density at radius 1 is 0.640 bits per heavy atom. The monoisotopic (exact) mass is 323 g/mol. The van der Waals surface area contributed by atoms with Crippen molar-refractivity contribution in [2.75, 3.05) is 0 Å². The number of hydrogen-bond acceptors (Lipinski definition) is 1. The fourth-order valence-corrected chi connectivity index (χ4v) is 3.47. The van der Waals surface area contributed by atoms with Crippen molar-refractivity contribution >= 4 is 17.0 Å². The molecule has 0 bridgehead atoms. The minimum Gasteiger partial charge on any atom is -0.252 e. The molecule has 3 aromatic carbocycles. The topological polar surface area (TPSA) is 12.4 Å². The molecule has 0 spiro atoms. The van der Waals surface area contributed by atoms with E-state index in [4.69, 9.17) is 4.99 Å². The fourth-order valence-electron chi connectivity index (χ4n) is 3.47. The van der Waals surface area contributed by atoms with Crippen molar-refractivity contribution in [3.05, 3.63) is 108 Å². The molecule has 1 nitrogen and oxygen atoms in total. The standard InChI is InChI=1S/C24H21N/c1-24(2)17-22(18-11-5-3-6-12-18)20-15-9-10-16-21(20)23(24)25-19-13-7-4-8-14-19/h3-17H,1-2H3. The minimum absolute atomic E-state index is 0.143. The summed E-state index contributed by atoms with van der Waals surface area (Å²) >= 11 is 0. The van der Waals surface area contributed by atoms with Crippen LogP contribution in [0.15, 0.2) is 96.0 Å². The Morgan fingerprint density at radius 3 is 1.88 bits per heavy atom. The van der Waals surface area contributed by atoms with Gasteiger partial charge in [-0.3, -0.25) is 4.99 Å². The molecule has 0 unspecified atom stereocenters. The minimum atomic E-state index is -0.143. The zero-order chi connectivity index (χ0) is 17.3. The van der Waals surface area contributed by atoms with E-state index in [2.05, 4.69) is 86.7 Å². The number of hydrogen-bond donors (Lipinski definition) is 0. The van der Waals surface area contributed by atoms with Crippen molar-refractivity contribution in [2.45, 2.75) is 13.8 Å². The summed E-state index contributed by atoms with van der Waals surface area (Å²) < 4.78 is 0. The van der Waals surface area contributed by atoms with Crippen LogP contribution in [0.2, 0.25) is 0 Å². The molecule has 25 heavy (non-hydrogen) atoms. The zero-order valence-electron chi connectivity index (χ0n) is 14.6. The van der Waals surface area contributed by atoms with Gasteiger partial charge >= 0.3 is 0 Å². The molecule has 0 aromatic heterocycles. The van der Waals surface area contributed by atoms with Crippen molar-refractivity contribution in [3.63, 3.8) is 0 Å². The number of para-hydroxylation sites is 1. The molecule has 1 heteroatoms. The van der Waals surface area contributed by atoms with Crippen LogP contribution in [0, 0.1) is 5.41 Å². The summed E-state index contributed by atoms with van der Waals surface area (Å²) in [5, 5.41) is 0. The van der Waals surface area contributed by atoms with Crippen LogP contribution in [-0.4, -0.2) is 5.71 Å². The van der Waals surface area contributed by atoms with Crippen molar-refractivity contribution < 1.29 is 0 Å². The lowest BCUT2D eigenvalue weighted by molar-refractivity contribution is 0.674. The first-order valence-corrected chi connectivity index (χ1v) is 8.67. The summed E-state index contributed by atoms with van der Waals surface area (Å²) in [5.74, 6) is 0. The quantitative estimate of drug-likeness (QED) is 0.526. The summed E-state index contributed by atoms with van der Waals surface area (Å²) in [6, 6.07) is 29.4. The molecule has 3 aromatic rings. The van der Waals surface area contributed by atoms with Gasteiger partial charge in [0.05, 0.1) is 11.4 Å². The first-order chi connectivity index (χ1) is 12.1. The van der Waals surface area contributed by atoms with Crippen LogP contribution in [0.4, 0.5) is 5.69 Å². The fraction of sp³-hybridized carbons (Fsp3) is 0.125. The number of nitrogens with zero attached hydrogens (tertiary/aromatic N) is 1. The molecule has 1 aliphatic carbocycles. The number of allylic oxidation sites excluding steroid dienone is 1. The maximum Gasteiger partial charge on any atom is 0.0633 e. The van der Waals surface area contributed by atoms with E-state index < -0.39 is 0 Å². The summed E-state index contributed by atoms with van der Waals surface area (Å²) in [4.78, 5) is 5.01. The number of rotatable bonds is 2. The second-order valence-electron chi connectivity index (χ2n) is 6.99. The molecule has 0 N–H and O–H groups in total. The van der Waals surface area contributed by atoms with Gasteiger partial charge in [0.15, 0.2) is 0 Å². The molecule has 0 fully saturated rings. The lowest BCUT2D eigenvalue weighted by atomic mass is 9.73. The Morgan fingerprint density at radius 2 is 1.20 bits per heavy atom. The van der Waals surface area contributed by atoms with Gasteiger partial charge in [-0.1, -0.05) is 92.7 Å². The summed E-state index contributed by atoms with van der Waals surface area (Å²) in [5.41, 5.74) is 6.98. The van der Waals surface area contributed by atoms with E-state index in [0.717, 1.165) is 11.4 Å². The Balaban J connectivity index is 1.93. The highest BCUT2D eigenvalue weighted by Crippen LogP contribution is 2.40. The van der Waals surface area contributed by atoms with Crippen LogP contribution in [0.25, 0.3) is 5.57 Å². The second-order valence-corrected chi connectivity index (χ2v) is 6.99. The average Bonchev–Trinajstić information content (AvgIpc) is 2.65. The van der Waals surface area contributed by atoms with Gasteiger partial charge in [-0.2, -0.15) is 0 Å². The van der Waals surface area contributed by atoms with Crippen molar-refractivity contribution in [3.8, 4) is 0 Å². The van der Waals surface area contributed by atoms with Gasteiger partial charge in [0.1, 0.15) is 0 Å². The molecular formula is C24H21N. The van der Waals surface area contributed by atoms with E-state index in [9.17, 15) is 0 Å². The van der Waals surface area contributed by atoms with Crippen molar-refractivity contribution in [2.24, 2.45) is 10.4 Å². The predicted molar refractivity (Wildman–Crippen MR) is 106 cm³/mol. The molecular weight excluding hydrogens is 302 g/mol. The number of benzene rings is 3. The van der Waals surface area contributed by atoms with Gasteiger partial charge in [0, 0.05) is 11.0 Å². The Kier molecular flexibility index (Phi) is 3.85. The van der Waals surface area contributed by atoms with Crippen LogP contribution < -0.4 is 0 Å². The Hall–Kier alpha value is -2.93. The van der Waals surface area contributed by atoms with Gasteiger partial charge in [-0.25, -0.2) is 0 Å². The Labute approximate surface area is 149 Å². The normalized spacial score (nSPS) is 17.0. The van der Waals surface area contributed by atoms with E-state index in [1.165, 1.54) is 22.3 Å². The summed E-state index contributed by atoms with van der Waals surface area (Å²) in [7, 11) is 0. The van der Waals surface area contributed by atoms with E-state index in [-0.39, 0.29) is 5.41 Å². The van der Waals surface area contributed by atoms with E-state index >= 15 is 0 Å². The lowest BCUT2D eigenvalue weighted by Gasteiger charge is -2.32. The van der Waals surface area contributed by atoms with Gasteiger partial charge in [0.2, 0.25) is 0 Å². The third-order valence-electron chi connectivity index (χ3n) is 4.67. The van der Waals surface area contributed by atoms with Crippen molar-refractivity contribution in [1.82, 2.24) is 0 Å². The van der Waals surface area contributed by atoms with Gasteiger partial charge in [0.25, 0.3) is 0 Å². The van der Waals surface area contributed by atoms with E-state index in [1.54, 1.807) is 0 Å². The SMILES string of the molecule is CC1(C)C=C(c2ccccc2)c2ccccc2C1=Nc1ccccc1. The highest BCUT2D eigenvalue weighted by Gasteiger charge is 2.32. The average molecular weight is 323 g/mol. The van der Waals surface area contributed by atoms with Crippen LogP contribution in [-0.2, 0) is 0 Å². The first kappa shape index (κ1) is 15.6. The molecule has 0 atom stereocenters. The van der Waals surface area contributed by atoms with E-state index in [1.807, 2.05) is 18.2 Å².